The van der Waals surface area contributed by atoms with E-state index < -0.39 is 0 Å². The summed E-state index contributed by atoms with van der Waals surface area (Å²) in [6.07, 6.45) is 0. The predicted molar refractivity (Wildman–Crippen MR) is 41.6 cm³/mol. The van der Waals surface area contributed by atoms with Crippen molar-refractivity contribution in [1.82, 2.24) is 4.67 Å². The Morgan fingerprint density at radius 2 is 2.00 bits per heavy atom. The average molecular weight is 131 g/mol. The monoisotopic (exact) mass is 131 g/mol. The highest BCUT2D eigenvalue weighted by molar-refractivity contribution is 7.35. The summed E-state index contributed by atoms with van der Waals surface area (Å²) in [5.41, 5.74) is 0. The van der Waals surface area contributed by atoms with E-state index in [0.717, 1.165) is 0 Å². The SMILES string of the molecule is CC=PN(C)C(C)C. The van der Waals surface area contributed by atoms with Gasteiger partial charge in [0.2, 0.25) is 0 Å². The molecule has 48 valence electrons. The Morgan fingerprint density at radius 1 is 1.50 bits per heavy atom. The molecule has 0 amide bonds. The Balaban J connectivity index is 3.47. The van der Waals surface area contributed by atoms with Gasteiger partial charge in [0.05, 0.1) is 0 Å². The molecule has 2 heteroatoms. The highest BCUT2D eigenvalue weighted by Gasteiger charge is 1.95. The summed E-state index contributed by atoms with van der Waals surface area (Å²) in [5, 5.41) is 0. The van der Waals surface area contributed by atoms with Crippen molar-refractivity contribution in [2.24, 2.45) is 0 Å². The molecule has 0 radical (unpaired) electrons. The second-order valence-corrected chi connectivity index (χ2v) is 3.42. The molecule has 0 N–H and O–H groups in total. The normalized spacial score (nSPS) is 12.2. The van der Waals surface area contributed by atoms with Gasteiger partial charge in [0.1, 0.15) is 0 Å². The minimum Gasteiger partial charge on any atom is -0.258 e. The minimum absolute atomic E-state index is 0.660. The molecule has 0 rings (SSSR count). The van der Waals surface area contributed by atoms with Gasteiger partial charge in [-0.3, -0.25) is 4.67 Å². The van der Waals surface area contributed by atoms with Crippen molar-refractivity contribution >= 4 is 14.2 Å². The maximum Gasteiger partial charge on any atom is 0.0120 e. The summed E-state index contributed by atoms with van der Waals surface area (Å²) in [4.78, 5) is 0. The summed E-state index contributed by atoms with van der Waals surface area (Å²) >= 11 is 0. The molecule has 0 aromatic rings. The molecule has 8 heavy (non-hydrogen) atoms. The molecule has 0 aliphatic rings. The fourth-order valence-corrected chi connectivity index (χ4v) is 0.946. The van der Waals surface area contributed by atoms with Crippen LogP contribution in [0.25, 0.3) is 0 Å². The summed E-state index contributed by atoms with van der Waals surface area (Å²) in [6.45, 7) is 6.45. The van der Waals surface area contributed by atoms with Crippen LogP contribution in [0.4, 0.5) is 0 Å². The lowest BCUT2D eigenvalue weighted by Crippen LogP contribution is -2.15. The standard InChI is InChI=1S/C6H14NP/c1-5-8-7(4)6(2)3/h5-6H,1-4H3. The van der Waals surface area contributed by atoms with Gasteiger partial charge in [-0.25, -0.2) is 0 Å². The van der Waals surface area contributed by atoms with Crippen LogP contribution in [0.3, 0.4) is 0 Å². The van der Waals surface area contributed by atoms with Gasteiger partial charge in [0.15, 0.2) is 0 Å². The lowest BCUT2D eigenvalue weighted by molar-refractivity contribution is 0.466. The molecule has 0 aromatic carbocycles. The van der Waals surface area contributed by atoms with Gasteiger partial charge in [-0.1, -0.05) is 0 Å². The molecule has 0 spiro atoms. The molecule has 0 saturated carbocycles. The van der Waals surface area contributed by atoms with E-state index in [-0.39, 0.29) is 0 Å². The van der Waals surface area contributed by atoms with E-state index in [0.29, 0.717) is 6.04 Å². The number of nitrogens with zero attached hydrogens (tertiary/aromatic N) is 1. The molecule has 0 atom stereocenters. The highest BCUT2D eigenvalue weighted by atomic mass is 31.1. The van der Waals surface area contributed by atoms with Crippen LogP contribution in [-0.4, -0.2) is 23.6 Å². The van der Waals surface area contributed by atoms with Gasteiger partial charge in [0.25, 0.3) is 0 Å². The molecule has 1 nitrogen and oxygen atoms in total. The van der Waals surface area contributed by atoms with Crippen LogP contribution in [0.2, 0.25) is 0 Å². The van der Waals surface area contributed by atoms with Crippen molar-refractivity contribution in [3.8, 4) is 0 Å². The van der Waals surface area contributed by atoms with Gasteiger partial charge in [-0.05, 0) is 42.0 Å². The molecule has 0 aliphatic carbocycles. The van der Waals surface area contributed by atoms with E-state index in [4.69, 9.17) is 0 Å². The Bertz CT molecular complexity index is 78.6. The van der Waals surface area contributed by atoms with Crippen molar-refractivity contribution in [2.75, 3.05) is 7.05 Å². The Hall–Kier alpha value is 0.130. The molecular formula is C6H14NP. The Morgan fingerprint density at radius 3 is 2.12 bits per heavy atom. The van der Waals surface area contributed by atoms with Crippen LogP contribution in [0.15, 0.2) is 0 Å². The largest absolute Gasteiger partial charge is 0.258 e. The average Bonchev–Trinajstić information content (AvgIpc) is 1.67. The van der Waals surface area contributed by atoms with Crippen LogP contribution in [0.1, 0.15) is 20.8 Å². The van der Waals surface area contributed by atoms with Gasteiger partial charge < -0.3 is 0 Å². The summed E-state index contributed by atoms with van der Waals surface area (Å²) < 4.78 is 2.26. The van der Waals surface area contributed by atoms with Crippen LogP contribution < -0.4 is 0 Å². The first-order valence-electron chi connectivity index (χ1n) is 2.90. The maximum atomic E-state index is 2.26. The maximum absolute atomic E-state index is 2.26. The van der Waals surface area contributed by atoms with E-state index in [1.807, 2.05) is 0 Å². The zero-order valence-corrected chi connectivity index (χ0v) is 6.94. The van der Waals surface area contributed by atoms with E-state index in [9.17, 15) is 0 Å². The molecule has 0 bridgehead atoms. The number of hydrogen-bond donors (Lipinski definition) is 0. The van der Waals surface area contributed by atoms with Crippen LogP contribution in [-0.2, 0) is 0 Å². The van der Waals surface area contributed by atoms with Crippen LogP contribution in [0.5, 0.6) is 0 Å². The first kappa shape index (κ1) is 8.13. The zero-order valence-electron chi connectivity index (χ0n) is 6.05. The molecule has 0 aromatic heterocycles. The van der Waals surface area contributed by atoms with Gasteiger partial charge in [-0.15, -0.1) is 0 Å². The van der Waals surface area contributed by atoms with Gasteiger partial charge in [0, 0.05) is 6.04 Å². The molecule has 0 saturated heterocycles. The van der Waals surface area contributed by atoms with Crippen molar-refractivity contribution < 1.29 is 0 Å². The molecule has 0 fully saturated rings. The van der Waals surface area contributed by atoms with E-state index >= 15 is 0 Å². The number of rotatable bonds is 2. The lowest BCUT2D eigenvalue weighted by atomic mass is 10.4. The smallest absolute Gasteiger partial charge is 0.0120 e. The van der Waals surface area contributed by atoms with Crippen molar-refractivity contribution in [3.05, 3.63) is 0 Å². The second kappa shape index (κ2) is 4.05. The summed E-state index contributed by atoms with van der Waals surface area (Å²) in [5.74, 6) is 2.14. The van der Waals surface area contributed by atoms with Gasteiger partial charge >= 0.3 is 0 Å². The third kappa shape index (κ3) is 3.17. The van der Waals surface area contributed by atoms with Crippen molar-refractivity contribution in [1.29, 1.82) is 0 Å². The number of hydrogen-bond acceptors (Lipinski definition) is 1. The third-order valence-electron chi connectivity index (χ3n) is 1.04. The van der Waals surface area contributed by atoms with E-state index in [1.165, 1.54) is 8.35 Å². The molecular weight excluding hydrogens is 117 g/mol. The van der Waals surface area contributed by atoms with E-state index in [1.54, 1.807) is 0 Å². The zero-order chi connectivity index (χ0) is 6.57. The lowest BCUT2D eigenvalue weighted by Gasteiger charge is -2.13. The minimum atomic E-state index is 0.660. The Kier molecular flexibility index (Phi) is 4.12. The third-order valence-corrected chi connectivity index (χ3v) is 2.10. The Labute approximate surface area is 53.6 Å². The topological polar surface area (TPSA) is 3.24 Å². The van der Waals surface area contributed by atoms with E-state index in [2.05, 4.69) is 38.3 Å². The van der Waals surface area contributed by atoms with Crippen molar-refractivity contribution in [3.63, 3.8) is 0 Å². The second-order valence-electron chi connectivity index (χ2n) is 2.04. The van der Waals surface area contributed by atoms with Gasteiger partial charge in [-0.2, -0.15) is 0 Å². The summed E-state index contributed by atoms with van der Waals surface area (Å²) in [6, 6.07) is 0.660. The fraction of sp³-hybridized carbons (Fsp3) is 0.833. The molecule has 0 aliphatic heterocycles. The van der Waals surface area contributed by atoms with Crippen LogP contribution in [0, 0.1) is 0 Å². The first-order chi connectivity index (χ1) is 3.68. The van der Waals surface area contributed by atoms with Crippen molar-refractivity contribution in [2.45, 2.75) is 26.8 Å². The predicted octanol–water partition coefficient (Wildman–Crippen LogP) is 2.01. The summed E-state index contributed by atoms with van der Waals surface area (Å²) in [7, 11) is 3.43. The molecule has 0 unspecified atom stereocenters. The van der Waals surface area contributed by atoms with Crippen LogP contribution >= 0.6 is 8.35 Å². The fourth-order valence-electron chi connectivity index (χ4n) is 0.315. The first-order valence-corrected chi connectivity index (χ1v) is 3.81. The highest BCUT2D eigenvalue weighted by Crippen LogP contribution is 2.05. The molecule has 0 heterocycles. The quantitative estimate of drug-likeness (QED) is 0.518.